The van der Waals surface area contributed by atoms with Crippen LogP contribution in [0.15, 0.2) is 83.4 Å². The third kappa shape index (κ3) is 4.87. The quantitative estimate of drug-likeness (QED) is 0.678. The van der Waals surface area contributed by atoms with E-state index in [1.165, 1.54) is 28.0 Å². The summed E-state index contributed by atoms with van der Waals surface area (Å²) in [5.41, 5.74) is 8.34. The lowest BCUT2D eigenvalue weighted by atomic mass is 9.90. The van der Waals surface area contributed by atoms with Gasteiger partial charge in [-0.1, -0.05) is 24.3 Å². The average molecular weight is 373 g/mol. The highest BCUT2D eigenvalue weighted by molar-refractivity contribution is 6.07. The van der Waals surface area contributed by atoms with Gasteiger partial charge in [0.1, 0.15) is 5.69 Å². The number of nitrogens with one attached hydrogen (secondary N) is 1. The molecule has 0 amide bonds. The predicted octanol–water partition coefficient (Wildman–Crippen LogP) is 4.72. The first-order valence-corrected chi connectivity index (χ1v) is 10.2. The van der Waals surface area contributed by atoms with Gasteiger partial charge in [0, 0.05) is 18.8 Å². The highest BCUT2D eigenvalue weighted by Crippen LogP contribution is 2.30. The second kappa shape index (κ2) is 9.86. The van der Waals surface area contributed by atoms with Crippen LogP contribution in [-0.4, -0.2) is 25.3 Å². The number of anilines is 1. The third-order valence-electron chi connectivity index (χ3n) is 4.69. The Bertz CT molecular complexity index is 828. The molecule has 3 nitrogen and oxygen atoms in total. The summed E-state index contributed by atoms with van der Waals surface area (Å²) >= 11 is 0. The molecule has 0 radical (unpaired) electrons. The van der Waals surface area contributed by atoms with Crippen LogP contribution in [-0.2, 0) is 0 Å². The Balaban J connectivity index is 2.04. The normalized spacial score (nSPS) is 13.0. The molecule has 3 heteroatoms. The summed E-state index contributed by atoms with van der Waals surface area (Å²) in [6.07, 6.45) is 8.55. The van der Waals surface area contributed by atoms with Crippen molar-refractivity contribution in [3.63, 3.8) is 0 Å². The zero-order valence-electron chi connectivity index (χ0n) is 17.1. The molecule has 0 unspecified atom stereocenters. The van der Waals surface area contributed by atoms with Crippen LogP contribution in [0.1, 0.15) is 31.9 Å². The fourth-order valence-corrected chi connectivity index (χ4v) is 3.40. The van der Waals surface area contributed by atoms with Crippen LogP contribution in [0, 0.1) is 0 Å². The summed E-state index contributed by atoms with van der Waals surface area (Å²) in [5.74, 6) is 0. The van der Waals surface area contributed by atoms with Crippen molar-refractivity contribution in [1.29, 1.82) is 0 Å². The van der Waals surface area contributed by atoms with E-state index >= 15 is 0 Å². The van der Waals surface area contributed by atoms with Gasteiger partial charge in [-0.2, -0.15) is 0 Å². The molecule has 1 aliphatic rings. The van der Waals surface area contributed by atoms with Gasteiger partial charge in [-0.25, -0.2) is 0 Å². The Morgan fingerprint density at radius 1 is 0.821 bits per heavy atom. The molecule has 3 rings (SSSR count). The second-order valence-electron chi connectivity index (χ2n) is 6.74. The molecule has 28 heavy (non-hydrogen) atoms. The maximum atomic E-state index is 4.50. The minimum atomic E-state index is 0.803. The Morgan fingerprint density at radius 2 is 1.43 bits per heavy atom. The van der Waals surface area contributed by atoms with Gasteiger partial charge in [-0.3, -0.25) is 4.99 Å². The Labute approximate surface area is 168 Å². The van der Waals surface area contributed by atoms with Crippen molar-refractivity contribution in [1.82, 2.24) is 0 Å². The first-order valence-electron chi connectivity index (χ1n) is 10.2. The van der Waals surface area contributed by atoms with E-state index in [2.05, 4.69) is 109 Å². The molecular weight excluding hydrogens is 342 g/mol. The molecule has 0 fully saturated rings. The van der Waals surface area contributed by atoms with Crippen LogP contribution in [0.4, 0.5) is 11.4 Å². The zero-order chi connectivity index (χ0) is 19.8. The Morgan fingerprint density at radius 3 is 1.96 bits per heavy atom. The number of aliphatic imine (C=N–C) groups is 1. The fraction of sp³-hybridized carbons (Fsp3) is 0.240. The summed E-state index contributed by atoms with van der Waals surface area (Å²) in [6.45, 7) is 9.12. The number of hydrogen-bond acceptors (Lipinski definition) is 2. The summed E-state index contributed by atoms with van der Waals surface area (Å²) in [7, 11) is 0. The maximum absolute atomic E-state index is 4.50. The van der Waals surface area contributed by atoms with Crippen LogP contribution < -0.4 is 10.6 Å². The average Bonchev–Trinajstić information content (AvgIpc) is 2.73. The number of nitrogens with zero attached hydrogens (tertiary/aromatic N) is 1. The lowest BCUT2D eigenvalue weighted by Gasteiger charge is -2.15. The third-order valence-corrected chi connectivity index (χ3v) is 4.69. The first kappa shape index (κ1) is 19.8. The van der Waals surface area contributed by atoms with E-state index in [0.717, 1.165) is 31.0 Å². The number of benzene rings is 2. The molecule has 3 N–H and O–H groups in total. The largest absolute Gasteiger partial charge is 0.385 e. The summed E-state index contributed by atoms with van der Waals surface area (Å²) in [5, 5.41) is 5.62. The van der Waals surface area contributed by atoms with Crippen LogP contribution in [0.25, 0.3) is 5.57 Å². The molecule has 0 aliphatic heterocycles. The highest BCUT2D eigenvalue weighted by atomic mass is 14.9. The number of hydrogen-bond donors (Lipinski definition) is 2. The molecular formula is C25H30N3+. The van der Waals surface area contributed by atoms with Crippen LogP contribution in [0.2, 0.25) is 0 Å². The molecule has 144 valence electrons. The van der Waals surface area contributed by atoms with Crippen LogP contribution in [0.5, 0.6) is 0 Å². The van der Waals surface area contributed by atoms with Gasteiger partial charge in [0.05, 0.1) is 12.3 Å². The number of rotatable bonds is 7. The maximum Gasteiger partial charge on any atom is 0.129 e. The number of allylic oxidation sites excluding steroid dienone is 5. The van der Waals surface area contributed by atoms with E-state index in [4.69, 9.17) is 0 Å². The van der Waals surface area contributed by atoms with Gasteiger partial charge in [0.25, 0.3) is 0 Å². The summed E-state index contributed by atoms with van der Waals surface area (Å²) in [6, 6.07) is 17.5. The smallest absolute Gasteiger partial charge is 0.129 e. The summed E-state index contributed by atoms with van der Waals surface area (Å²) < 4.78 is 0. The monoisotopic (exact) mass is 372 g/mol. The van der Waals surface area contributed by atoms with E-state index in [1.807, 2.05) is 0 Å². The summed E-state index contributed by atoms with van der Waals surface area (Å²) in [4.78, 5) is 4.50. The van der Waals surface area contributed by atoms with Crippen molar-refractivity contribution >= 4 is 22.7 Å². The lowest BCUT2D eigenvalue weighted by Crippen LogP contribution is -2.77. The molecule has 2 aromatic rings. The van der Waals surface area contributed by atoms with Gasteiger partial charge in [-0.05, 0) is 91.6 Å². The Kier molecular flexibility index (Phi) is 6.99. The predicted molar refractivity (Wildman–Crippen MR) is 121 cm³/mol. The van der Waals surface area contributed by atoms with E-state index in [-0.39, 0.29) is 0 Å². The molecule has 0 atom stereocenters. The van der Waals surface area contributed by atoms with Crippen molar-refractivity contribution in [3.05, 3.63) is 89.5 Å². The number of nitrogens with two attached hydrogens (primary N) is 1. The lowest BCUT2D eigenvalue weighted by molar-refractivity contribution is -0.567. The molecule has 2 aromatic carbocycles. The molecule has 0 saturated heterocycles. The van der Waals surface area contributed by atoms with E-state index in [9.17, 15) is 0 Å². The van der Waals surface area contributed by atoms with Gasteiger partial charge in [0.15, 0.2) is 0 Å². The SMILES string of the molecule is CCN=C1C=CC(=C(c2ccc(NCC)cc2)c2ccc([NH2+]CC)cc2)C=C1. The molecule has 0 heterocycles. The van der Waals surface area contributed by atoms with Gasteiger partial charge < -0.3 is 10.6 Å². The van der Waals surface area contributed by atoms with Gasteiger partial charge in [-0.15, -0.1) is 0 Å². The topological polar surface area (TPSA) is 41.0 Å². The van der Waals surface area contributed by atoms with Crippen molar-refractivity contribution in [2.75, 3.05) is 25.0 Å². The van der Waals surface area contributed by atoms with E-state index < -0.39 is 0 Å². The highest BCUT2D eigenvalue weighted by Gasteiger charge is 2.12. The zero-order valence-corrected chi connectivity index (χ0v) is 17.1. The minimum Gasteiger partial charge on any atom is -0.385 e. The molecule has 0 spiro atoms. The van der Waals surface area contributed by atoms with E-state index in [1.54, 1.807) is 0 Å². The van der Waals surface area contributed by atoms with Crippen molar-refractivity contribution in [2.24, 2.45) is 4.99 Å². The molecule has 1 aliphatic carbocycles. The van der Waals surface area contributed by atoms with Crippen LogP contribution >= 0.6 is 0 Å². The fourth-order valence-electron chi connectivity index (χ4n) is 3.40. The van der Waals surface area contributed by atoms with Crippen molar-refractivity contribution < 1.29 is 5.32 Å². The first-order chi connectivity index (χ1) is 13.7. The molecule has 0 saturated carbocycles. The van der Waals surface area contributed by atoms with Gasteiger partial charge in [0.2, 0.25) is 0 Å². The van der Waals surface area contributed by atoms with Gasteiger partial charge >= 0.3 is 0 Å². The number of quaternary nitrogens is 1. The molecule has 0 bridgehead atoms. The van der Waals surface area contributed by atoms with Crippen molar-refractivity contribution in [3.8, 4) is 0 Å². The van der Waals surface area contributed by atoms with E-state index in [0.29, 0.717) is 0 Å². The minimum absolute atomic E-state index is 0.803. The van der Waals surface area contributed by atoms with Crippen molar-refractivity contribution in [2.45, 2.75) is 20.8 Å². The molecule has 0 aromatic heterocycles. The second-order valence-corrected chi connectivity index (χ2v) is 6.74. The standard InChI is InChI=1S/C25H29N3/c1-4-26-22-13-7-19(8-14-22)25(20-9-15-23(16-10-20)27-5-2)21-11-17-24(18-12-21)28-6-3/h7-18,26-27H,4-6H2,1-3H3/p+1. The Hall–Kier alpha value is -2.91. The van der Waals surface area contributed by atoms with Crippen LogP contribution in [0.3, 0.4) is 0 Å².